The normalized spacial score (nSPS) is 11.3. The number of hydrogen-bond acceptors (Lipinski definition) is 3. The maximum Gasteiger partial charge on any atom is 0.153 e. The van der Waals surface area contributed by atoms with E-state index in [2.05, 4.69) is 4.74 Å². The van der Waals surface area contributed by atoms with Crippen LogP contribution < -0.4 is 0 Å². The Hall–Kier alpha value is -0.410. The fourth-order valence-electron chi connectivity index (χ4n) is 0.167. The van der Waals surface area contributed by atoms with Crippen molar-refractivity contribution < 1.29 is 14.6 Å². The first-order valence-corrected chi connectivity index (χ1v) is 3.22. The molecule has 0 saturated heterocycles. The van der Waals surface area contributed by atoms with Gasteiger partial charge in [-0.25, -0.2) is 0 Å². The number of aliphatic hydroxyl groups excluding tert-OH is 1. The van der Waals surface area contributed by atoms with Gasteiger partial charge < -0.3 is 14.6 Å². The van der Waals surface area contributed by atoms with Crippen LogP contribution in [0.5, 0.6) is 0 Å². The number of Topliss-reactive ketones (excluding diaryl/α,β-unsaturated/α-hetero) is 1. The third kappa shape index (κ3) is 25.6. The van der Waals surface area contributed by atoms with E-state index in [1.807, 2.05) is 6.92 Å². The van der Waals surface area contributed by atoms with Crippen molar-refractivity contribution in [3.63, 3.8) is 0 Å². The molecule has 1 unspecified atom stereocenters. The van der Waals surface area contributed by atoms with Crippen LogP contribution in [0.25, 0.3) is 0 Å². The lowest BCUT2D eigenvalue weighted by atomic mass is 10.5. The van der Waals surface area contributed by atoms with Gasteiger partial charge in [-0.2, -0.15) is 0 Å². The van der Waals surface area contributed by atoms with Crippen LogP contribution in [0.4, 0.5) is 0 Å². The number of ether oxygens (including phenoxy) is 1. The minimum absolute atomic E-state index is 0.167. The predicted octanol–water partition coefficient (Wildman–Crippen LogP) is 0.956. The molecule has 0 aliphatic heterocycles. The Labute approximate surface area is 62.0 Å². The molecule has 0 spiro atoms. The van der Waals surface area contributed by atoms with E-state index in [9.17, 15) is 4.79 Å². The fraction of sp³-hybridized carbons (Fsp3) is 0.857. The molecule has 3 heteroatoms. The Morgan fingerprint density at radius 1 is 1.60 bits per heavy atom. The summed E-state index contributed by atoms with van der Waals surface area (Å²) in [5.41, 5.74) is 0. The maximum atomic E-state index is 9.44. The molecule has 62 valence electrons. The molecular weight excluding hydrogens is 132 g/mol. The lowest BCUT2D eigenvalue weighted by Gasteiger charge is -2.00. The van der Waals surface area contributed by atoms with Crippen LogP contribution in [-0.2, 0) is 9.53 Å². The molecule has 0 aromatic carbocycles. The van der Waals surface area contributed by atoms with Crippen LogP contribution in [0.15, 0.2) is 0 Å². The van der Waals surface area contributed by atoms with Gasteiger partial charge in [0.15, 0.2) is 6.29 Å². The molecule has 10 heavy (non-hydrogen) atoms. The molecule has 0 saturated carbocycles. The summed E-state index contributed by atoms with van der Waals surface area (Å²) in [6, 6.07) is 0. The molecule has 0 fully saturated rings. The SMILES string of the molecule is CC(C)=O.CCC(O)OC. The average molecular weight is 148 g/mol. The average Bonchev–Trinajstić information content (AvgIpc) is 1.85. The van der Waals surface area contributed by atoms with Gasteiger partial charge >= 0.3 is 0 Å². The minimum Gasteiger partial charge on any atom is -0.368 e. The van der Waals surface area contributed by atoms with E-state index >= 15 is 0 Å². The summed E-state index contributed by atoms with van der Waals surface area (Å²) in [4.78, 5) is 9.44. The van der Waals surface area contributed by atoms with Crippen LogP contribution >= 0.6 is 0 Å². The quantitative estimate of drug-likeness (QED) is 0.593. The lowest BCUT2D eigenvalue weighted by molar-refractivity contribution is -0.115. The summed E-state index contributed by atoms with van der Waals surface area (Å²) >= 11 is 0. The Kier molecular flexibility index (Phi) is 10.6. The highest BCUT2D eigenvalue weighted by atomic mass is 16.6. The molecule has 0 rings (SSSR count). The first-order chi connectivity index (χ1) is 4.54. The highest BCUT2D eigenvalue weighted by Crippen LogP contribution is 1.85. The summed E-state index contributed by atoms with van der Waals surface area (Å²) in [5, 5.41) is 8.44. The summed E-state index contributed by atoms with van der Waals surface area (Å²) in [7, 11) is 1.48. The molecule has 1 atom stereocenters. The van der Waals surface area contributed by atoms with Gasteiger partial charge in [0, 0.05) is 7.11 Å². The zero-order valence-electron chi connectivity index (χ0n) is 7.05. The minimum atomic E-state index is -0.565. The molecule has 3 nitrogen and oxygen atoms in total. The second kappa shape index (κ2) is 8.59. The van der Waals surface area contributed by atoms with Crippen molar-refractivity contribution in [1.29, 1.82) is 0 Å². The van der Waals surface area contributed by atoms with Crippen molar-refractivity contribution in [3.05, 3.63) is 0 Å². The van der Waals surface area contributed by atoms with Crippen LogP contribution in [0, 0.1) is 0 Å². The molecule has 0 bridgehead atoms. The van der Waals surface area contributed by atoms with Crippen molar-refractivity contribution in [3.8, 4) is 0 Å². The van der Waals surface area contributed by atoms with E-state index in [4.69, 9.17) is 5.11 Å². The number of carbonyl (C=O) groups excluding carboxylic acids is 1. The first-order valence-electron chi connectivity index (χ1n) is 3.22. The van der Waals surface area contributed by atoms with Crippen molar-refractivity contribution in [2.75, 3.05) is 7.11 Å². The van der Waals surface area contributed by atoms with E-state index < -0.39 is 6.29 Å². The Bertz CT molecular complexity index is 72.9. The van der Waals surface area contributed by atoms with Gasteiger partial charge in [-0.15, -0.1) is 0 Å². The highest BCUT2D eigenvalue weighted by molar-refractivity contribution is 5.72. The summed E-state index contributed by atoms with van der Waals surface area (Å²) in [5.74, 6) is 0.167. The zero-order chi connectivity index (χ0) is 8.57. The number of methoxy groups -OCH3 is 1. The molecular formula is C7H16O3. The van der Waals surface area contributed by atoms with Gasteiger partial charge in [0.2, 0.25) is 0 Å². The van der Waals surface area contributed by atoms with Gasteiger partial charge in [0.25, 0.3) is 0 Å². The second-order valence-electron chi connectivity index (χ2n) is 2.01. The monoisotopic (exact) mass is 148 g/mol. The molecule has 0 aromatic heterocycles. The first kappa shape index (κ1) is 12.3. The molecule has 0 amide bonds. The van der Waals surface area contributed by atoms with Gasteiger partial charge in [0.1, 0.15) is 5.78 Å². The molecule has 1 N–H and O–H groups in total. The largest absolute Gasteiger partial charge is 0.368 e. The van der Waals surface area contributed by atoms with Crippen LogP contribution in [0.3, 0.4) is 0 Å². The third-order valence-corrected chi connectivity index (χ3v) is 0.621. The lowest BCUT2D eigenvalue weighted by Crippen LogP contribution is -2.05. The van der Waals surface area contributed by atoms with E-state index in [0.29, 0.717) is 6.42 Å². The van der Waals surface area contributed by atoms with E-state index in [1.54, 1.807) is 0 Å². The van der Waals surface area contributed by atoms with Gasteiger partial charge in [-0.05, 0) is 20.3 Å². The van der Waals surface area contributed by atoms with Crippen molar-refractivity contribution in [2.24, 2.45) is 0 Å². The molecule has 0 radical (unpaired) electrons. The zero-order valence-corrected chi connectivity index (χ0v) is 7.05. The maximum absolute atomic E-state index is 9.44. The standard InChI is InChI=1S/C4H10O2.C3H6O/c1-3-4(5)6-2;1-3(2)4/h4-5H,3H2,1-2H3;1-2H3. The smallest absolute Gasteiger partial charge is 0.153 e. The molecule has 0 heterocycles. The Morgan fingerprint density at radius 3 is 1.90 bits per heavy atom. The number of aliphatic hydroxyl groups is 1. The number of carbonyl (C=O) groups is 1. The molecule has 0 aliphatic rings. The fourth-order valence-corrected chi connectivity index (χ4v) is 0.167. The second-order valence-corrected chi connectivity index (χ2v) is 2.01. The molecule has 0 aromatic rings. The highest BCUT2D eigenvalue weighted by Gasteiger charge is 1.90. The van der Waals surface area contributed by atoms with Crippen LogP contribution in [0.2, 0.25) is 0 Å². The van der Waals surface area contributed by atoms with Gasteiger partial charge in [-0.1, -0.05) is 6.92 Å². The number of ketones is 1. The van der Waals surface area contributed by atoms with E-state index in [0.717, 1.165) is 0 Å². The molecule has 0 aliphatic carbocycles. The summed E-state index contributed by atoms with van der Waals surface area (Å²) in [6.07, 6.45) is 0.0984. The van der Waals surface area contributed by atoms with Crippen molar-refractivity contribution in [1.82, 2.24) is 0 Å². The van der Waals surface area contributed by atoms with E-state index in [-0.39, 0.29) is 5.78 Å². The van der Waals surface area contributed by atoms with Gasteiger partial charge in [-0.3, -0.25) is 0 Å². The van der Waals surface area contributed by atoms with Crippen LogP contribution in [0.1, 0.15) is 27.2 Å². The van der Waals surface area contributed by atoms with Crippen molar-refractivity contribution in [2.45, 2.75) is 33.5 Å². The number of hydrogen-bond donors (Lipinski definition) is 1. The summed E-state index contributed by atoms with van der Waals surface area (Å²) < 4.78 is 4.45. The van der Waals surface area contributed by atoms with Crippen LogP contribution in [-0.4, -0.2) is 24.3 Å². The van der Waals surface area contributed by atoms with Gasteiger partial charge in [0.05, 0.1) is 0 Å². The Morgan fingerprint density at radius 2 is 1.90 bits per heavy atom. The van der Waals surface area contributed by atoms with Crippen molar-refractivity contribution >= 4 is 5.78 Å². The Balaban J connectivity index is 0. The predicted molar refractivity (Wildman–Crippen MR) is 39.7 cm³/mol. The van der Waals surface area contributed by atoms with E-state index in [1.165, 1.54) is 21.0 Å². The number of rotatable bonds is 2. The third-order valence-electron chi connectivity index (χ3n) is 0.621. The summed E-state index contributed by atoms with van der Waals surface area (Å²) in [6.45, 7) is 4.91. The topological polar surface area (TPSA) is 46.5 Å².